The van der Waals surface area contributed by atoms with Gasteiger partial charge >= 0.3 is 0 Å². The highest BCUT2D eigenvalue weighted by molar-refractivity contribution is 6.30. The van der Waals surface area contributed by atoms with E-state index in [2.05, 4.69) is 5.32 Å². The first-order chi connectivity index (χ1) is 8.63. The number of benzene rings is 1. The number of hydrogen-bond acceptors (Lipinski definition) is 3. The Morgan fingerprint density at radius 2 is 1.83 bits per heavy atom. The van der Waals surface area contributed by atoms with Gasteiger partial charge in [0.25, 0.3) is 0 Å². The molecule has 0 amide bonds. The van der Waals surface area contributed by atoms with Crippen LogP contribution in [-0.2, 0) is 0 Å². The van der Waals surface area contributed by atoms with Gasteiger partial charge in [-0.25, -0.2) is 8.78 Å². The number of aliphatic hydroxyl groups is 1. The lowest BCUT2D eigenvalue weighted by Gasteiger charge is -2.34. The van der Waals surface area contributed by atoms with E-state index in [0.29, 0.717) is 13.1 Å². The monoisotopic (exact) mass is 276 g/mol. The van der Waals surface area contributed by atoms with Crippen LogP contribution < -0.4 is 5.32 Å². The molecular weight excluding hydrogens is 262 g/mol. The van der Waals surface area contributed by atoms with Crippen LogP contribution in [-0.4, -0.2) is 42.8 Å². The lowest BCUT2D eigenvalue weighted by atomic mass is 10.0. The summed E-state index contributed by atoms with van der Waals surface area (Å²) in [6.07, 6.45) is 0. The SMILES string of the molecule is OC[C@@H](c1c(F)cc(Cl)cc1F)N1CCNCC1. The van der Waals surface area contributed by atoms with E-state index in [4.69, 9.17) is 11.6 Å². The van der Waals surface area contributed by atoms with E-state index >= 15 is 0 Å². The van der Waals surface area contributed by atoms with Crippen molar-refractivity contribution >= 4 is 11.6 Å². The van der Waals surface area contributed by atoms with Crippen molar-refractivity contribution in [1.29, 1.82) is 0 Å². The molecule has 0 aliphatic carbocycles. The second-order valence-electron chi connectivity index (χ2n) is 4.27. The van der Waals surface area contributed by atoms with Gasteiger partial charge in [0.15, 0.2) is 0 Å². The largest absolute Gasteiger partial charge is 0.394 e. The summed E-state index contributed by atoms with van der Waals surface area (Å²) in [5.41, 5.74) is -0.108. The summed E-state index contributed by atoms with van der Waals surface area (Å²) in [6.45, 7) is 2.45. The topological polar surface area (TPSA) is 35.5 Å². The average molecular weight is 277 g/mol. The van der Waals surface area contributed by atoms with E-state index in [1.54, 1.807) is 0 Å². The third-order valence-electron chi connectivity index (χ3n) is 3.14. The molecule has 0 spiro atoms. The van der Waals surface area contributed by atoms with Gasteiger partial charge in [-0.1, -0.05) is 11.6 Å². The molecule has 2 rings (SSSR count). The summed E-state index contributed by atoms with van der Waals surface area (Å²) in [5, 5.41) is 12.6. The lowest BCUT2D eigenvalue weighted by molar-refractivity contribution is 0.105. The predicted octanol–water partition coefficient (Wildman–Crippen LogP) is 1.56. The Labute approximate surface area is 109 Å². The van der Waals surface area contributed by atoms with Gasteiger partial charge in [-0.2, -0.15) is 0 Å². The molecule has 1 atom stereocenters. The first-order valence-electron chi connectivity index (χ1n) is 5.83. The summed E-state index contributed by atoms with van der Waals surface area (Å²) in [4.78, 5) is 1.87. The lowest BCUT2D eigenvalue weighted by Crippen LogP contribution is -2.46. The van der Waals surface area contributed by atoms with E-state index < -0.39 is 17.7 Å². The molecule has 2 N–H and O–H groups in total. The molecule has 0 aromatic heterocycles. The van der Waals surface area contributed by atoms with Crippen LogP contribution in [0.4, 0.5) is 8.78 Å². The van der Waals surface area contributed by atoms with Crippen molar-refractivity contribution in [1.82, 2.24) is 10.2 Å². The van der Waals surface area contributed by atoms with Crippen LogP contribution >= 0.6 is 11.6 Å². The molecular formula is C12H15ClF2N2O. The van der Waals surface area contributed by atoms with Crippen LogP contribution in [0.5, 0.6) is 0 Å². The summed E-state index contributed by atoms with van der Waals surface area (Å²) in [6, 6.07) is 1.49. The Morgan fingerprint density at radius 3 is 2.33 bits per heavy atom. The molecule has 1 heterocycles. The number of aliphatic hydroxyl groups excluding tert-OH is 1. The number of piperazine rings is 1. The fourth-order valence-corrected chi connectivity index (χ4v) is 2.45. The second-order valence-corrected chi connectivity index (χ2v) is 4.70. The summed E-state index contributed by atoms with van der Waals surface area (Å²) in [7, 11) is 0. The zero-order valence-corrected chi connectivity index (χ0v) is 10.6. The zero-order chi connectivity index (χ0) is 13.1. The normalized spacial score (nSPS) is 18.9. The van der Waals surface area contributed by atoms with Gasteiger partial charge in [0, 0.05) is 36.8 Å². The Bertz CT molecular complexity index is 402. The van der Waals surface area contributed by atoms with Crippen LogP contribution in [0.15, 0.2) is 12.1 Å². The quantitative estimate of drug-likeness (QED) is 0.879. The third-order valence-corrected chi connectivity index (χ3v) is 3.36. The highest BCUT2D eigenvalue weighted by atomic mass is 35.5. The molecule has 1 aromatic carbocycles. The summed E-state index contributed by atoms with van der Waals surface area (Å²) in [5.74, 6) is -1.42. The standard InChI is InChI=1S/C12H15ClF2N2O/c13-8-5-9(14)12(10(15)6-8)11(7-18)17-3-1-16-2-4-17/h5-6,11,16,18H,1-4,7H2/t11-/m0/s1. The Kier molecular flexibility index (Phi) is 4.50. The van der Waals surface area contributed by atoms with Crippen molar-refractivity contribution < 1.29 is 13.9 Å². The second kappa shape index (κ2) is 5.93. The van der Waals surface area contributed by atoms with Crippen LogP contribution in [0.1, 0.15) is 11.6 Å². The van der Waals surface area contributed by atoms with E-state index in [1.165, 1.54) is 0 Å². The number of rotatable bonds is 3. The molecule has 100 valence electrons. The number of nitrogens with one attached hydrogen (secondary N) is 1. The van der Waals surface area contributed by atoms with Gasteiger partial charge in [0.2, 0.25) is 0 Å². The predicted molar refractivity (Wildman–Crippen MR) is 65.6 cm³/mol. The van der Waals surface area contributed by atoms with Crippen molar-refractivity contribution in [3.63, 3.8) is 0 Å². The highest BCUT2D eigenvalue weighted by Crippen LogP contribution is 2.28. The molecule has 1 aromatic rings. The minimum atomic E-state index is -0.711. The molecule has 1 aliphatic rings. The Balaban J connectivity index is 2.32. The minimum absolute atomic E-state index is 0.0192. The number of nitrogens with zero attached hydrogens (tertiary/aromatic N) is 1. The molecule has 0 saturated carbocycles. The van der Waals surface area contributed by atoms with Crippen LogP contribution in [0.3, 0.4) is 0 Å². The Morgan fingerprint density at radius 1 is 1.28 bits per heavy atom. The molecule has 0 bridgehead atoms. The van der Waals surface area contributed by atoms with Gasteiger partial charge < -0.3 is 10.4 Å². The molecule has 0 unspecified atom stereocenters. The molecule has 0 radical (unpaired) electrons. The van der Waals surface area contributed by atoms with Crippen LogP contribution in [0.2, 0.25) is 5.02 Å². The van der Waals surface area contributed by atoms with Crippen molar-refractivity contribution in [2.24, 2.45) is 0 Å². The van der Waals surface area contributed by atoms with E-state index in [9.17, 15) is 13.9 Å². The van der Waals surface area contributed by atoms with Crippen molar-refractivity contribution in [3.05, 3.63) is 34.4 Å². The van der Waals surface area contributed by atoms with E-state index in [1.807, 2.05) is 4.90 Å². The minimum Gasteiger partial charge on any atom is -0.394 e. The Hall–Kier alpha value is -0.750. The van der Waals surface area contributed by atoms with Gasteiger partial charge in [-0.3, -0.25) is 4.90 Å². The molecule has 1 fully saturated rings. The molecule has 18 heavy (non-hydrogen) atoms. The summed E-state index contributed by atoms with van der Waals surface area (Å²) < 4.78 is 27.7. The van der Waals surface area contributed by atoms with E-state index in [-0.39, 0.29) is 17.2 Å². The van der Waals surface area contributed by atoms with Crippen LogP contribution in [0.25, 0.3) is 0 Å². The van der Waals surface area contributed by atoms with Gasteiger partial charge in [0.05, 0.1) is 12.6 Å². The number of halogens is 3. The smallest absolute Gasteiger partial charge is 0.132 e. The molecule has 1 saturated heterocycles. The average Bonchev–Trinajstić information content (AvgIpc) is 2.34. The third kappa shape index (κ3) is 2.80. The molecule has 3 nitrogen and oxygen atoms in total. The van der Waals surface area contributed by atoms with E-state index in [0.717, 1.165) is 25.2 Å². The van der Waals surface area contributed by atoms with Crippen LogP contribution in [0, 0.1) is 11.6 Å². The molecule has 6 heteroatoms. The summed E-state index contributed by atoms with van der Waals surface area (Å²) >= 11 is 5.59. The van der Waals surface area contributed by atoms with Gasteiger partial charge in [-0.15, -0.1) is 0 Å². The highest BCUT2D eigenvalue weighted by Gasteiger charge is 2.27. The first-order valence-corrected chi connectivity index (χ1v) is 6.21. The zero-order valence-electron chi connectivity index (χ0n) is 9.80. The van der Waals surface area contributed by atoms with Crippen molar-refractivity contribution in [2.45, 2.75) is 6.04 Å². The fourth-order valence-electron chi connectivity index (χ4n) is 2.25. The maximum absolute atomic E-state index is 13.8. The molecule has 1 aliphatic heterocycles. The van der Waals surface area contributed by atoms with Crippen molar-refractivity contribution in [3.8, 4) is 0 Å². The fraction of sp³-hybridized carbons (Fsp3) is 0.500. The number of hydrogen-bond donors (Lipinski definition) is 2. The van der Waals surface area contributed by atoms with Gasteiger partial charge in [0.1, 0.15) is 11.6 Å². The maximum Gasteiger partial charge on any atom is 0.132 e. The van der Waals surface area contributed by atoms with Crippen molar-refractivity contribution in [2.75, 3.05) is 32.8 Å². The maximum atomic E-state index is 13.8. The first kappa shape index (κ1) is 13.7. The van der Waals surface area contributed by atoms with Gasteiger partial charge in [-0.05, 0) is 12.1 Å².